The van der Waals surface area contributed by atoms with E-state index in [1.165, 1.54) is 46.9 Å². The van der Waals surface area contributed by atoms with Crippen molar-refractivity contribution in [3.8, 4) is 0 Å². The molecule has 1 fully saturated rings. The Labute approximate surface area is 199 Å². The lowest BCUT2D eigenvalue weighted by Crippen LogP contribution is -2.44. The second-order valence-electron chi connectivity index (χ2n) is 9.86. The summed E-state index contributed by atoms with van der Waals surface area (Å²) in [4.78, 5) is 15.1. The first kappa shape index (κ1) is 23.6. The fourth-order valence-electron chi connectivity index (χ4n) is 5.28. The number of carbonyl (C=O) groups excluding carboxylic acids is 1. The Morgan fingerprint density at radius 3 is 2.52 bits per heavy atom. The van der Waals surface area contributed by atoms with Crippen LogP contribution in [0.25, 0.3) is 10.9 Å². The van der Waals surface area contributed by atoms with Gasteiger partial charge >= 0.3 is 0 Å². The van der Waals surface area contributed by atoms with Gasteiger partial charge in [-0.15, -0.1) is 0 Å². The molecule has 1 amide bonds. The molecular weight excluding hydrogens is 406 g/mol. The number of hydrogen-bond donors (Lipinski definition) is 1. The Balaban J connectivity index is 1.29. The number of likely N-dealkylation sites (tertiary alicyclic amines) is 1. The maximum atomic E-state index is 12.5. The van der Waals surface area contributed by atoms with Gasteiger partial charge in [0.05, 0.1) is 0 Å². The average molecular weight is 446 g/mol. The van der Waals surface area contributed by atoms with Gasteiger partial charge in [-0.1, -0.05) is 54.4 Å². The van der Waals surface area contributed by atoms with Gasteiger partial charge in [-0.25, -0.2) is 0 Å². The van der Waals surface area contributed by atoms with Gasteiger partial charge in [0.1, 0.15) is 0 Å². The molecule has 1 aliphatic rings. The number of rotatable bonds is 9. The minimum Gasteiger partial charge on any atom is -0.356 e. The molecule has 0 bridgehead atoms. The highest BCUT2D eigenvalue weighted by Gasteiger charge is 2.23. The molecule has 4 rings (SSSR count). The fraction of sp³-hybridized carbons (Fsp3) is 0.483. The molecule has 2 heterocycles. The molecule has 0 radical (unpaired) electrons. The number of piperidine rings is 1. The minimum absolute atomic E-state index is 0.158. The lowest BCUT2D eigenvalue weighted by molar-refractivity contribution is -0.121. The highest BCUT2D eigenvalue weighted by Crippen LogP contribution is 2.24. The quantitative estimate of drug-likeness (QED) is 0.429. The minimum atomic E-state index is 0.158. The number of nitrogens with one attached hydrogen (secondary N) is 1. The second kappa shape index (κ2) is 11.0. The van der Waals surface area contributed by atoms with Crippen molar-refractivity contribution in [2.24, 2.45) is 0 Å². The van der Waals surface area contributed by atoms with Gasteiger partial charge in [-0.2, -0.15) is 0 Å². The van der Waals surface area contributed by atoms with Crippen molar-refractivity contribution in [3.63, 3.8) is 0 Å². The number of aromatic nitrogens is 1. The third-order valence-corrected chi connectivity index (χ3v) is 7.26. The van der Waals surface area contributed by atoms with Gasteiger partial charge in [-0.05, 0) is 63.6 Å². The normalized spacial score (nSPS) is 19.1. The SMILES string of the molecule is Cc1ccc(Cn2cc(CCC(=O)NCCCN3C(C)CCCC3C)c3ccccc32)cc1. The van der Waals surface area contributed by atoms with Crippen molar-refractivity contribution in [2.45, 2.75) is 77.9 Å². The summed E-state index contributed by atoms with van der Waals surface area (Å²) in [5.41, 5.74) is 5.06. The van der Waals surface area contributed by atoms with E-state index >= 15 is 0 Å². The third kappa shape index (κ3) is 6.05. The Bertz CT molecular complexity index is 1040. The van der Waals surface area contributed by atoms with Crippen LogP contribution in [0.5, 0.6) is 0 Å². The number of aryl methyl sites for hydroxylation is 2. The van der Waals surface area contributed by atoms with E-state index in [0.717, 1.165) is 32.5 Å². The summed E-state index contributed by atoms with van der Waals surface area (Å²) in [5, 5.41) is 4.40. The van der Waals surface area contributed by atoms with Crippen molar-refractivity contribution in [3.05, 3.63) is 71.4 Å². The van der Waals surface area contributed by atoms with Crippen LogP contribution in [-0.4, -0.2) is 40.5 Å². The van der Waals surface area contributed by atoms with Crippen molar-refractivity contribution in [1.82, 2.24) is 14.8 Å². The van der Waals surface area contributed by atoms with Gasteiger partial charge in [0.15, 0.2) is 0 Å². The summed E-state index contributed by atoms with van der Waals surface area (Å²) in [6.45, 7) is 9.49. The molecule has 1 aromatic heterocycles. The molecule has 0 saturated carbocycles. The van der Waals surface area contributed by atoms with E-state index < -0.39 is 0 Å². The van der Waals surface area contributed by atoms with E-state index in [2.05, 4.69) is 90.3 Å². The summed E-state index contributed by atoms with van der Waals surface area (Å²) >= 11 is 0. The maximum Gasteiger partial charge on any atom is 0.220 e. The molecule has 2 aromatic carbocycles. The van der Waals surface area contributed by atoms with E-state index in [9.17, 15) is 4.79 Å². The predicted molar refractivity (Wildman–Crippen MR) is 138 cm³/mol. The van der Waals surface area contributed by atoms with Crippen LogP contribution in [0, 0.1) is 6.92 Å². The standard InChI is InChI=1S/C29H39N3O/c1-22-12-14-25(15-13-22)20-31-21-26(27-10-4-5-11-28(27)31)16-17-29(33)30-18-7-19-32-23(2)8-6-9-24(32)3/h4-5,10-15,21,23-24H,6-9,16-20H2,1-3H3,(H,30,33). The van der Waals surface area contributed by atoms with Crippen molar-refractivity contribution < 1.29 is 4.79 Å². The van der Waals surface area contributed by atoms with Gasteiger partial charge in [0.25, 0.3) is 0 Å². The number of para-hydroxylation sites is 1. The molecule has 176 valence electrons. The number of nitrogens with zero attached hydrogens (tertiary/aromatic N) is 2. The average Bonchev–Trinajstić information content (AvgIpc) is 3.16. The molecule has 4 nitrogen and oxygen atoms in total. The largest absolute Gasteiger partial charge is 0.356 e. The summed E-state index contributed by atoms with van der Waals surface area (Å²) in [6, 6.07) is 18.6. The van der Waals surface area contributed by atoms with E-state index in [-0.39, 0.29) is 5.91 Å². The number of benzene rings is 2. The first-order chi connectivity index (χ1) is 16.0. The van der Waals surface area contributed by atoms with Crippen LogP contribution in [-0.2, 0) is 17.8 Å². The lowest BCUT2D eigenvalue weighted by Gasteiger charge is -2.39. The predicted octanol–water partition coefficient (Wildman–Crippen LogP) is 5.70. The van der Waals surface area contributed by atoms with Crippen LogP contribution in [0.1, 0.15) is 62.6 Å². The smallest absolute Gasteiger partial charge is 0.220 e. The number of hydrogen-bond acceptors (Lipinski definition) is 2. The van der Waals surface area contributed by atoms with Crippen molar-refractivity contribution >= 4 is 16.8 Å². The Kier molecular flexibility index (Phi) is 7.87. The molecule has 2 unspecified atom stereocenters. The number of amides is 1. The van der Waals surface area contributed by atoms with Crippen LogP contribution < -0.4 is 5.32 Å². The van der Waals surface area contributed by atoms with Crippen LogP contribution in [0.3, 0.4) is 0 Å². The van der Waals surface area contributed by atoms with Gasteiger partial charge in [-0.3, -0.25) is 9.69 Å². The molecule has 2 atom stereocenters. The third-order valence-electron chi connectivity index (χ3n) is 7.26. The molecule has 4 heteroatoms. The molecule has 0 aliphatic carbocycles. The topological polar surface area (TPSA) is 37.3 Å². The molecule has 1 aliphatic heterocycles. The Hall–Kier alpha value is -2.59. The van der Waals surface area contributed by atoms with Crippen LogP contribution >= 0.6 is 0 Å². The first-order valence-electron chi connectivity index (χ1n) is 12.7. The number of carbonyl (C=O) groups is 1. The fourth-order valence-corrected chi connectivity index (χ4v) is 5.28. The van der Waals surface area contributed by atoms with E-state index in [1.807, 2.05) is 0 Å². The highest BCUT2D eigenvalue weighted by atomic mass is 16.1. The summed E-state index contributed by atoms with van der Waals surface area (Å²) in [5.74, 6) is 0.158. The van der Waals surface area contributed by atoms with E-state index in [1.54, 1.807) is 0 Å². The van der Waals surface area contributed by atoms with Crippen LogP contribution in [0.2, 0.25) is 0 Å². The molecule has 33 heavy (non-hydrogen) atoms. The summed E-state index contributed by atoms with van der Waals surface area (Å²) in [6.07, 6.45) is 8.51. The van der Waals surface area contributed by atoms with Crippen molar-refractivity contribution in [1.29, 1.82) is 0 Å². The van der Waals surface area contributed by atoms with Gasteiger partial charge in [0.2, 0.25) is 5.91 Å². The van der Waals surface area contributed by atoms with Gasteiger partial charge < -0.3 is 9.88 Å². The van der Waals surface area contributed by atoms with E-state index in [0.29, 0.717) is 18.5 Å². The summed E-state index contributed by atoms with van der Waals surface area (Å²) < 4.78 is 2.31. The second-order valence-corrected chi connectivity index (χ2v) is 9.86. The first-order valence-corrected chi connectivity index (χ1v) is 12.7. The number of fused-ring (bicyclic) bond motifs is 1. The maximum absolute atomic E-state index is 12.5. The van der Waals surface area contributed by atoms with E-state index in [4.69, 9.17) is 0 Å². The van der Waals surface area contributed by atoms with Crippen LogP contribution in [0.4, 0.5) is 0 Å². The molecule has 1 N–H and O–H groups in total. The van der Waals surface area contributed by atoms with Gasteiger partial charge in [0, 0.05) is 55.2 Å². The zero-order valence-corrected chi connectivity index (χ0v) is 20.5. The zero-order chi connectivity index (χ0) is 23.2. The van der Waals surface area contributed by atoms with Crippen molar-refractivity contribution in [2.75, 3.05) is 13.1 Å². The molecular formula is C29H39N3O. The molecule has 3 aromatic rings. The highest BCUT2D eigenvalue weighted by molar-refractivity contribution is 5.85. The molecule has 0 spiro atoms. The van der Waals surface area contributed by atoms with Crippen LogP contribution in [0.15, 0.2) is 54.7 Å². The molecule has 1 saturated heterocycles. The Morgan fingerprint density at radius 2 is 1.76 bits per heavy atom. The monoisotopic (exact) mass is 445 g/mol. The summed E-state index contributed by atoms with van der Waals surface area (Å²) in [7, 11) is 0. The Morgan fingerprint density at radius 1 is 1.03 bits per heavy atom. The lowest BCUT2D eigenvalue weighted by atomic mass is 9.97. The zero-order valence-electron chi connectivity index (χ0n) is 20.5.